The molecule has 0 rings (SSSR count). The third kappa shape index (κ3) is 8.29. The first kappa shape index (κ1) is 13.9. The molecule has 0 unspecified atom stereocenters. The lowest BCUT2D eigenvalue weighted by Crippen LogP contribution is -2.27. The summed E-state index contributed by atoms with van der Waals surface area (Å²) in [5.74, 6) is 0. The lowest BCUT2D eigenvalue weighted by atomic mass is 10.9. The molecule has 0 aromatic heterocycles. The molecule has 0 atom stereocenters. The maximum atomic E-state index is 5.22. The van der Waals surface area contributed by atoms with Gasteiger partial charge in [0.2, 0.25) is 0 Å². The van der Waals surface area contributed by atoms with Gasteiger partial charge >= 0.3 is 9.53 Å². The maximum Gasteiger partial charge on any atom is 0.484 e. The Balaban J connectivity index is 0. The zero-order chi connectivity index (χ0) is 7.82. The fraction of sp³-hybridized carbons (Fsp3) is 1.00. The van der Waals surface area contributed by atoms with Gasteiger partial charge < -0.3 is 13.3 Å². The monoisotopic (exact) mass is 200 g/mol. The normalized spacial score (nSPS) is 9.82. The van der Waals surface area contributed by atoms with E-state index in [4.69, 9.17) is 13.3 Å². The van der Waals surface area contributed by atoms with Crippen molar-refractivity contribution in [2.75, 3.05) is 19.8 Å². The van der Waals surface area contributed by atoms with E-state index >= 15 is 0 Å². The fourth-order valence-corrected chi connectivity index (χ4v) is 1.66. The summed E-state index contributed by atoms with van der Waals surface area (Å²) in [6, 6.07) is 0. The molecular formula is C6H17ClO3Si. The Morgan fingerprint density at radius 3 is 1.27 bits per heavy atom. The van der Waals surface area contributed by atoms with Gasteiger partial charge in [-0.1, -0.05) is 0 Å². The number of halogens is 1. The van der Waals surface area contributed by atoms with Crippen LogP contribution in [0.1, 0.15) is 20.8 Å². The number of hydrogen-bond acceptors (Lipinski definition) is 3. The van der Waals surface area contributed by atoms with E-state index in [9.17, 15) is 0 Å². The van der Waals surface area contributed by atoms with Crippen LogP contribution < -0.4 is 0 Å². The van der Waals surface area contributed by atoms with Gasteiger partial charge in [0.15, 0.2) is 0 Å². The predicted octanol–water partition coefficient (Wildman–Crippen LogP) is 1.23. The van der Waals surface area contributed by atoms with Gasteiger partial charge in [-0.05, 0) is 20.8 Å². The smallest absolute Gasteiger partial charge is 0.376 e. The highest BCUT2D eigenvalue weighted by molar-refractivity contribution is 6.36. The Morgan fingerprint density at radius 2 is 1.09 bits per heavy atom. The quantitative estimate of drug-likeness (QED) is 0.604. The first-order chi connectivity index (χ1) is 4.85. The molecule has 11 heavy (non-hydrogen) atoms. The van der Waals surface area contributed by atoms with E-state index in [0.717, 1.165) is 0 Å². The summed E-state index contributed by atoms with van der Waals surface area (Å²) >= 11 is 0. The van der Waals surface area contributed by atoms with Gasteiger partial charge in [0, 0.05) is 19.8 Å². The molecule has 0 saturated heterocycles. The average Bonchev–Trinajstić information content (AvgIpc) is 1.90. The molecule has 0 aliphatic heterocycles. The highest BCUT2D eigenvalue weighted by Crippen LogP contribution is 1.90. The molecule has 0 aromatic carbocycles. The minimum Gasteiger partial charge on any atom is -0.376 e. The van der Waals surface area contributed by atoms with Gasteiger partial charge in [0.05, 0.1) is 0 Å². The molecule has 0 spiro atoms. The van der Waals surface area contributed by atoms with Crippen LogP contribution in [0.3, 0.4) is 0 Å². The molecule has 70 valence electrons. The third-order valence-electron chi connectivity index (χ3n) is 0.908. The third-order valence-corrected chi connectivity index (χ3v) is 2.72. The Hall–Kier alpha value is 0.387. The number of rotatable bonds is 6. The predicted molar refractivity (Wildman–Crippen MR) is 49.3 cm³/mol. The average molecular weight is 201 g/mol. The number of hydrogen-bond donors (Lipinski definition) is 0. The summed E-state index contributed by atoms with van der Waals surface area (Å²) in [7, 11) is -1.73. The van der Waals surface area contributed by atoms with Crippen LogP contribution >= 0.6 is 12.4 Å². The standard InChI is InChI=1S/C6H16O3Si.ClH/c1-4-7-10(8-5-2)9-6-3;/h10H,4-6H2,1-3H3;1H. The van der Waals surface area contributed by atoms with Crippen LogP contribution in [-0.4, -0.2) is 29.3 Å². The molecule has 0 radical (unpaired) electrons. The van der Waals surface area contributed by atoms with E-state index in [1.807, 2.05) is 20.8 Å². The van der Waals surface area contributed by atoms with Crippen LogP contribution in [0, 0.1) is 0 Å². The zero-order valence-corrected chi connectivity index (χ0v) is 9.30. The second-order valence-electron chi connectivity index (χ2n) is 1.65. The Labute approximate surface area is 76.4 Å². The molecule has 5 heteroatoms. The molecule has 0 aliphatic rings. The van der Waals surface area contributed by atoms with Crippen molar-refractivity contribution in [3.8, 4) is 0 Å². The Kier molecular flexibility index (Phi) is 13.2. The van der Waals surface area contributed by atoms with Crippen molar-refractivity contribution in [1.82, 2.24) is 0 Å². The second kappa shape index (κ2) is 10.4. The summed E-state index contributed by atoms with van der Waals surface area (Å²) in [6.07, 6.45) is 0. The zero-order valence-electron chi connectivity index (χ0n) is 7.33. The molecule has 0 saturated carbocycles. The van der Waals surface area contributed by atoms with Crippen LogP contribution in [-0.2, 0) is 13.3 Å². The van der Waals surface area contributed by atoms with Crippen molar-refractivity contribution in [2.24, 2.45) is 0 Å². The van der Waals surface area contributed by atoms with Gasteiger partial charge in [0.1, 0.15) is 0 Å². The summed E-state index contributed by atoms with van der Waals surface area (Å²) in [4.78, 5) is 0. The molecule has 0 aliphatic carbocycles. The largest absolute Gasteiger partial charge is 0.484 e. The first-order valence-corrected chi connectivity index (χ1v) is 5.11. The van der Waals surface area contributed by atoms with Crippen molar-refractivity contribution in [1.29, 1.82) is 0 Å². The van der Waals surface area contributed by atoms with Crippen molar-refractivity contribution >= 4 is 21.9 Å². The van der Waals surface area contributed by atoms with Crippen LogP contribution in [0.4, 0.5) is 0 Å². The highest BCUT2D eigenvalue weighted by Gasteiger charge is 2.11. The first-order valence-electron chi connectivity index (χ1n) is 3.69. The van der Waals surface area contributed by atoms with Crippen molar-refractivity contribution in [3.63, 3.8) is 0 Å². The molecule has 0 fully saturated rings. The van der Waals surface area contributed by atoms with Crippen LogP contribution in [0.15, 0.2) is 0 Å². The van der Waals surface area contributed by atoms with E-state index in [1.165, 1.54) is 0 Å². The SMILES string of the molecule is CCO[SiH](OCC)OCC.Cl. The van der Waals surface area contributed by atoms with Crippen LogP contribution in [0.25, 0.3) is 0 Å². The molecule has 0 amide bonds. The van der Waals surface area contributed by atoms with E-state index in [1.54, 1.807) is 0 Å². The molecule has 0 heterocycles. The Morgan fingerprint density at radius 1 is 0.818 bits per heavy atom. The van der Waals surface area contributed by atoms with Gasteiger partial charge in [0.25, 0.3) is 0 Å². The van der Waals surface area contributed by atoms with Gasteiger partial charge in [-0.3, -0.25) is 0 Å². The minimum absolute atomic E-state index is 0. The van der Waals surface area contributed by atoms with E-state index in [2.05, 4.69) is 0 Å². The summed E-state index contributed by atoms with van der Waals surface area (Å²) < 4.78 is 15.7. The van der Waals surface area contributed by atoms with Gasteiger partial charge in [-0.25, -0.2) is 0 Å². The van der Waals surface area contributed by atoms with E-state index in [-0.39, 0.29) is 12.4 Å². The van der Waals surface area contributed by atoms with Gasteiger partial charge in [-0.2, -0.15) is 0 Å². The fourth-order valence-electron chi connectivity index (χ4n) is 0.553. The molecule has 0 N–H and O–H groups in total. The molecule has 0 aromatic rings. The van der Waals surface area contributed by atoms with Crippen LogP contribution in [0.5, 0.6) is 0 Å². The van der Waals surface area contributed by atoms with Crippen molar-refractivity contribution < 1.29 is 13.3 Å². The highest BCUT2D eigenvalue weighted by atomic mass is 35.5. The lowest BCUT2D eigenvalue weighted by molar-refractivity contribution is 0.107. The van der Waals surface area contributed by atoms with E-state index < -0.39 is 9.53 Å². The van der Waals surface area contributed by atoms with E-state index in [0.29, 0.717) is 19.8 Å². The molecular weight excluding hydrogens is 184 g/mol. The maximum absolute atomic E-state index is 5.22. The molecule has 3 nitrogen and oxygen atoms in total. The van der Waals surface area contributed by atoms with Gasteiger partial charge in [-0.15, -0.1) is 12.4 Å². The summed E-state index contributed by atoms with van der Waals surface area (Å²) in [5.41, 5.74) is 0. The topological polar surface area (TPSA) is 27.7 Å². The van der Waals surface area contributed by atoms with Crippen molar-refractivity contribution in [2.45, 2.75) is 20.8 Å². The van der Waals surface area contributed by atoms with Crippen LogP contribution in [0.2, 0.25) is 0 Å². The minimum atomic E-state index is -1.73. The second-order valence-corrected chi connectivity index (χ2v) is 3.23. The molecule has 0 bridgehead atoms. The summed E-state index contributed by atoms with van der Waals surface area (Å²) in [5, 5.41) is 0. The summed E-state index contributed by atoms with van der Waals surface area (Å²) in [6.45, 7) is 7.86. The van der Waals surface area contributed by atoms with Crippen molar-refractivity contribution in [3.05, 3.63) is 0 Å². The lowest BCUT2D eigenvalue weighted by Gasteiger charge is -2.12. The Bertz CT molecular complexity index is 60.6.